The summed E-state index contributed by atoms with van der Waals surface area (Å²) in [5.74, 6) is -4.39. The molecule has 3 heterocycles. The number of alkyl halides is 6. The molecule has 2 saturated heterocycles. The minimum absolute atomic E-state index is 0.0714. The van der Waals surface area contributed by atoms with Crippen LogP contribution in [-0.4, -0.2) is 89.3 Å². The summed E-state index contributed by atoms with van der Waals surface area (Å²) in [4.78, 5) is 27.4. The molecule has 14 heteroatoms. The van der Waals surface area contributed by atoms with Crippen molar-refractivity contribution in [1.29, 1.82) is 0 Å². The zero-order valence-corrected chi connectivity index (χ0v) is 19.3. The molecular formula is C21H29F6N3O5. The van der Waals surface area contributed by atoms with Gasteiger partial charge in [0.15, 0.2) is 0 Å². The fraction of sp³-hybridized carbons (Fsp3) is 0.667. The smallest absolute Gasteiger partial charge is 0.475 e. The fourth-order valence-corrected chi connectivity index (χ4v) is 3.43. The molecule has 0 spiro atoms. The predicted molar refractivity (Wildman–Crippen MR) is 113 cm³/mol. The van der Waals surface area contributed by atoms with Gasteiger partial charge < -0.3 is 19.8 Å². The summed E-state index contributed by atoms with van der Waals surface area (Å²) in [5, 5.41) is 14.2. The van der Waals surface area contributed by atoms with Gasteiger partial charge in [-0.25, -0.2) is 14.6 Å². The lowest BCUT2D eigenvalue weighted by Gasteiger charge is -2.42. The number of anilines is 1. The van der Waals surface area contributed by atoms with Crippen LogP contribution in [0.4, 0.5) is 32.2 Å². The van der Waals surface area contributed by atoms with Crippen molar-refractivity contribution in [2.45, 2.75) is 51.1 Å². The van der Waals surface area contributed by atoms with Crippen molar-refractivity contribution in [3.05, 3.63) is 23.9 Å². The molecule has 8 nitrogen and oxygen atoms in total. The molecule has 1 unspecified atom stereocenters. The number of hydrogen-bond donors (Lipinski definition) is 2. The van der Waals surface area contributed by atoms with Crippen molar-refractivity contribution in [2.24, 2.45) is 0 Å². The second kappa shape index (κ2) is 12.9. The second-order valence-corrected chi connectivity index (χ2v) is 8.26. The Bertz CT molecular complexity index is 796. The molecule has 0 amide bonds. The Morgan fingerprint density at radius 2 is 1.51 bits per heavy atom. The van der Waals surface area contributed by atoms with Crippen LogP contribution < -0.4 is 4.90 Å². The van der Waals surface area contributed by atoms with Gasteiger partial charge in [0.25, 0.3) is 0 Å². The third-order valence-electron chi connectivity index (χ3n) is 5.16. The van der Waals surface area contributed by atoms with Gasteiger partial charge in [-0.3, -0.25) is 4.90 Å². The summed E-state index contributed by atoms with van der Waals surface area (Å²) in [6, 6.07) is 6.27. The number of carbonyl (C=O) groups is 2. The quantitative estimate of drug-likeness (QED) is 0.585. The van der Waals surface area contributed by atoms with Crippen LogP contribution in [0.5, 0.6) is 0 Å². The van der Waals surface area contributed by atoms with E-state index < -0.39 is 24.3 Å². The van der Waals surface area contributed by atoms with Crippen molar-refractivity contribution in [3.8, 4) is 0 Å². The summed E-state index contributed by atoms with van der Waals surface area (Å²) in [6.07, 6.45) is -6.43. The van der Waals surface area contributed by atoms with Crippen LogP contribution in [0, 0.1) is 6.92 Å². The van der Waals surface area contributed by atoms with Gasteiger partial charge in [-0.1, -0.05) is 6.07 Å². The first-order valence-electron chi connectivity index (χ1n) is 10.7. The number of carboxylic acids is 2. The number of carboxylic acid groups (broad SMARTS) is 2. The maximum absolute atomic E-state index is 10.6. The van der Waals surface area contributed by atoms with Crippen LogP contribution >= 0.6 is 0 Å². The number of aryl methyl sites for hydroxylation is 1. The second-order valence-electron chi connectivity index (χ2n) is 8.26. The molecule has 200 valence electrons. The average Bonchev–Trinajstić information content (AvgIpc) is 2.74. The number of halogens is 6. The third kappa shape index (κ3) is 11.6. The number of hydrogen-bond acceptors (Lipinski definition) is 6. The number of piperazine rings is 1. The fourth-order valence-electron chi connectivity index (χ4n) is 3.43. The van der Waals surface area contributed by atoms with Crippen LogP contribution in [-0.2, 0) is 14.3 Å². The van der Waals surface area contributed by atoms with Gasteiger partial charge in [0.1, 0.15) is 5.82 Å². The van der Waals surface area contributed by atoms with E-state index in [4.69, 9.17) is 24.5 Å². The molecule has 35 heavy (non-hydrogen) atoms. The van der Waals surface area contributed by atoms with E-state index in [1.165, 1.54) is 19.3 Å². The van der Waals surface area contributed by atoms with Crippen LogP contribution in [0.15, 0.2) is 18.2 Å². The first-order chi connectivity index (χ1) is 16.0. The molecule has 0 radical (unpaired) electrons. The standard InChI is InChI=1S/C17H27N3O.2C2HF3O2/c1-15-6-5-7-16(18-15)20-11-9-19(10-12-20)14-17(2)8-3-4-13-21-17;2*3-2(4,5)1(6)7/h5-7H,3-4,8-14H2,1-2H3;2*(H,6,7). The Morgan fingerprint density at radius 3 is 1.91 bits per heavy atom. The van der Waals surface area contributed by atoms with Crippen molar-refractivity contribution < 1.29 is 50.9 Å². The largest absolute Gasteiger partial charge is 0.490 e. The summed E-state index contributed by atoms with van der Waals surface area (Å²) in [6.45, 7) is 10.7. The van der Waals surface area contributed by atoms with E-state index in [1.54, 1.807) is 0 Å². The van der Waals surface area contributed by atoms with Crippen molar-refractivity contribution in [1.82, 2.24) is 9.88 Å². The van der Waals surface area contributed by atoms with Crippen LogP contribution in [0.2, 0.25) is 0 Å². The number of aromatic nitrogens is 1. The van der Waals surface area contributed by atoms with Crippen molar-refractivity contribution >= 4 is 17.8 Å². The highest BCUT2D eigenvalue weighted by Gasteiger charge is 2.39. The lowest BCUT2D eigenvalue weighted by atomic mass is 9.95. The monoisotopic (exact) mass is 517 g/mol. The maximum Gasteiger partial charge on any atom is 0.490 e. The van der Waals surface area contributed by atoms with E-state index in [0.29, 0.717) is 0 Å². The Hall–Kier alpha value is -2.61. The van der Waals surface area contributed by atoms with E-state index in [-0.39, 0.29) is 5.60 Å². The topological polar surface area (TPSA) is 103 Å². The Morgan fingerprint density at radius 1 is 1.00 bits per heavy atom. The highest BCUT2D eigenvalue weighted by Crippen LogP contribution is 2.26. The van der Waals surface area contributed by atoms with Gasteiger partial charge in [-0.15, -0.1) is 0 Å². The summed E-state index contributed by atoms with van der Waals surface area (Å²) >= 11 is 0. The number of aliphatic carboxylic acids is 2. The molecule has 1 aromatic heterocycles. The SMILES string of the molecule is Cc1cccc(N2CCN(CC3(C)CCCCO3)CC2)n1.O=C(O)C(F)(F)F.O=C(O)C(F)(F)F. The van der Waals surface area contributed by atoms with Gasteiger partial charge in [0.2, 0.25) is 0 Å². The van der Waals surface area contributed by atoms with Gasteiger partial charge in [-0.2, -0.15) is 26.3 Å². The normalized spacial score (nSPS) is 21.2. The zero-order chi connectivity index (χ0) is 26.9. The Balaban J connectivity index is 0.000000362. The van der Waals surface area contributed by atoms with Crippen LogP contribution in [0.25, 0.3) is 0 Å². The number of rotatable bonds is 3. The maximum atomic E-state index is 10.6. The van der Waals surface area contributed by atoms with Crippen LogP contribution in [0.3, 0.4) is 0 Å². The molecule has 1 atom stereocenters. The molecule has 2 N–H and O–H groups in total. The molecule has 2 aliphatic heterocycles. The van der Waals surface area contributed by atoms with Gasteiger partial charge >= 0.3 is 24.3 Å². The molecule has 2 aliphatic rings. The summed E-state index contributed by atoms with van der Waals surface area (Å²) in [5.41, 5.74) is 1.17. The van der Waals surface area contributed by atoms with Crippen molar-refractivity contribution in [2.75, 3.05) is 44.2 Å². The number of pyridine rings is 1. The average molecular weight is 517 g/mol. The molecule has 3 rings (SSSR count). The lowest BCUT2D eigenvalue weighted by Crippen LogP contribution is -2.52. The summed E-state index contributed by atoms with van der Waals surface area (Å²) < 4.78 is 69.5. The highest BCUT2D eigenvalue weighted by atomic mass is 19.4. The molecule has 0 bridgehead atoms. The lowest BCUT2D eigenvalue weighted by molar-refractivity contribution is -0.193. The van der Waals surface area contributed by atoms with Gasteiger partial charge in [0, 0.05) is 45.0 Å². The number of nitrogens with zero attached hydrogens (tertiary/aromatic N) is 3. The molecule has 0 aromatic carbocycles. The highest BCUT2D eigenvalue weighted by molar-refractivity contribution is 5.73. The van der Waals surface area contributed by atoms with E-state index in [0.717, 1.165) is 50.8 Å². The molecule has 1 aromatic rings. The van der Waals surface area contributed by atoms with E-state index in [1.807, 2.05) is 0 Å². The predicted octanol–water partition coefficient (Wildman–Crippen LogP) is 3.74. The van der Waals surface area contributed by atoms with Gasteiger partial charge in [-0.05, 0) is 45.2 Å². The van der Waals surface area contributed by atoms with E-state index in [2.05, 4.69) is 46.8 Å². The van der Waals surface area contributed by atoms with E-state index >= 15 is 0 Å². The molecule has 0 aliphatic carbocycles. The third-order valence-corrected chi connectivity index (χ3v) is 5.16. The Labute approximate surface area is 198 Å². The first-order valence-corrected chi connectivity index (χ1v) is 10.7. The van der Waals surface area contributed by atoms with Crippen molar-refractivity contribution in [3.63, 3.8) is 0 Å². The minimum Gasteiger partial charge on any atom is -0.475 e. The molecular weight excluding hydrogens is 488 g/mol. The van der Waals surface area contributed by atoms with Crippen LogP contribution in [0.1, 0.15) is 31.9 Å². The zero-order valence-electron chi connectivity index (χ0n) is 19.3. The minimum atomic E-state index is -5.08. The molecule has 2 fully saturated rings. The first kappa shape index (κ1) is 30.4. The van der Waals surface area contributed by atoms with E-state index in [9.17, 15) is 26.3 Å². The summed E-state index contributed by atoms with van der Waals surface area (Å²) in [7, 11) is 0. The molecule has 0 saturated carbocycles. The van der Waals surface area contributed by atoms with Gasteiger partial charge in [0.05, 0.1) is 5.60 Å². The number of ether oxygens (including phenoxy) is 1. The Kier molecular flexibility index (Phi) is 11.2.